The highest BCUT2D eigenvalue weighted by Gasteiger charge is 2.68. The van der Waals surface area contributed by atoms with Crippen LogP contribution in [0, 0.1) is 10.6 Å². The lowest BCUT2D eigenvalue weighted by Crippen LogP contribution is -2.60. The number of hydrogen-bond donors (Lipinski definition) is 5. The summed E-state index contributed by atoms with van der Waals surface area (Å²) in [5.41, 5.74) is -4.18. The Morgan fingerprint density at radius 2 is 1.96 bits per heavy atom. The van der Waals surface area contributed by atoms with Gasteiger partial charge in [-0.1, -0.05) is 0 Å². The van der Waals surface area contributed by atoms with Crippen LogP contribution in [0.15, 0.2) is 11.0 Å². The monoisotopic (exact) mass is 406 g/mol. The van der Waals surface area contributed by atoms with Gasteiger partial charge < -0.3 is 24.7 Å². The van der Waals surface area contributed by atoms with E-state index in [2.05, 4.69) is 9.26 Å². The van der Waals surface area contributed by atoms with Gasteiger partial charge in [0.05, 0.1) is 11.6 Å². The van der Waals surface area contributed by atoms with Gasteiger partial charge in [0.25, 0.3) is 11.4 Å². The van der Waals surface area contributed by atoms with Crippen molar-refractivity contribution in [2.45, 2.75) is 29.1 Å². The molecule has 10 nitrogen and oxygen atoms in total. The number of aliphatic hydroxyl groups excluding tert-OH is 2. The molecule has 136 valence electrons. The number of hydrogen-bond acceptors (Lipinski definition) is 7. The maximum Gasteiger partial charge on any atom is 0.468 e. The topological polar surface area (TPSA) is 154 Å². The van der Waals surface area contributed by atoms with Crippen molar-refractivity contribution in [1.29, 1.82) is 0 Å². The van der Waals surface area contributed by atoms with Crippen LogP contribution in [0.4, 0.5) is 8.78 Å². The molecule has 0 spiro atoms. The average molecular weight is 406 g/mol. The quantitative estimate of drug-likeness (QED) is 0.205. The Bertz CT molecular complexity index is 894. The molecule has 1 fully saturated rings. The van der Waals surface area contributed by atoms with Crippen LogP contribution in [0.2, 0.25) is 0 Å². The molecule has 1 saturated heterocycles. The number of ether oxygens (including phenoxy) is 1. The van der Waals surface area contributed by atoms with E-state index >= 15 is 4.39 Å². The van der Waals surface area contributed by atoms with Crippen molar-refractivity contribution in [2.24, 2.45) is 0 Å². The SMILES string of the molecule is [B]C([B])(OP(=O)(O)O)[C@@]1(F)O[C@@]([B])(n2cc(F)c(=O)[nH]c2=S)[C@H](O)[C@@H]1O. The Labute approximate surface area is 152 Å². The minimum atomic E-state index is -5.50. The van der Waals surface area contributed by atoms with E-state index in [0.29, 0.717) is 10.8 Å². The molecule has 4 atom stereocenters. The number of alkyl halides is 1. The highest BCUT2D eigenvalue weighted by atomic mass is 32.1. The van der Waals surface area contributed by atoms with Crippen molar-refractivity contribution >= 4 is 43.6 Å². The van der Waals surface area contributed by atoms with Crippen molar-refractivity contribution in [3.8, 4) is 0 Å². The average Bonchev–Trinajstić information content (AvgIpc) is 2.63. The van der Waals surface area contributed by atoms with E-state index in [4.69, 9.17) is 45.5 Å². The predicted molar refractivity (Wildman–Crippen MR) is 83.9 cm³/mol. The fraction of sp³-hybridized carbons (Fsp3) is 0.556. The second kappa shape index (κ2) is 6.35. The van der Waals surface area contributed by atoms with Gasteiger partial charge in [-0.3, -0.25) is 18.9 Å². The maximum absolute atomic E-state index is 15.1. The number of nitrogens with zero attached hydrogens (tertiary/aromatic N) is 1. The molecule has 0 aliphatic carbocycles. The third-order valence-corrected chi connectivity index (χ3v) is 4.33. The van der Waals surface area contributed by atoms with E-state index in [-0.39, 0.29) is 0 Å². The minimum absolute atomic E-state index is 0.335. The molecule has 6 radical (unpaired) electrons. The van der Waals surface area contributed by atoms with E-state index in [1.165, 1.54) is 0 Å². The standard InChI is InChI=1S/C9H8B3F2N2O8PS/c10-8(16-1-2(13)5(19)15-6(16)26)4(18)3(17)7(14,23-8)9(11,12)24-25(20,21)22/h1,3-4,17-18H,(H,15,19,26)(H2,20,21,22)/t3-,4+,7-,8-/m0/s1. The zero-order valence-electron chi connectivity index (χ0n) is 12.4. The number of rotatable bonds is 4. The Balaban J connectivity index is 2.59. The zero-order chi connectivity index (χ0) is 20.3. The third kappa shape index (κ3) is 3.36. The molecular formula is C9H8B3F2N2O8PS. The van der Waals surface area contributed by atoms with Gasteiger partial charge in [0.15, 0.2) is 4.77 Å². The van der Waals surface area contributed by atoms with Gasteiger partial charge in [0, 0.05) is 0 Å². The minimum Gasteiger partial charge on any atom is -0.386 e. The van der Waals surface area contributed by atoms with Gasteiger partial charge in [-0.05, 0) is 12.2 Å². The molecule has 2 heterocycles. The Kier molecular flexibility index (Phi) is 5.23. The number of aromatic amines is 1. The maximum atomic E-state index is 15.1. The molecule has 2 rings (SSSR count). The van der Waals surface area contributed by atoms with Gasteiger partial charge in [0.2, 0.25) is 5.82 Å². The number of nitrogens with one attached hydrogen (secondary N) is 1. The summed E-state index contributed by atoms with van der Waals surface area (Å²) in [5, 5.41) is 16.5. The summed E-state index contributed by atoms with van der Waals surface area (Å²) in [5.74, 6) is -5.38. The Hall–Kier alpha value is -0.855. The van der Waals surface area contributed by atoms with E-state index in [1.54, 1.807) is 4.98 Å². The van der Waals surface area contributed by atoms with Crippen molar-refractivity contribution in [3.63, 3.8) is 0 Å². The molecule has 1 aromatic rings. The van der Waals surface area contributed by atoms with Gasteiger partial charge in [-0.25, -0.2) is 8.96 Å². The summed E-state index contributed by atoms with van der Waals surface area (Å²) < 4.78 is 47.7. The van der Waals surface area contributed by atoms with Crippen LogP contribution in [0.1, 0.15) is 0 Å². The largest absolute Gasteiger partial charge is 0.468 e. The summed E-state index contributed by atoms with van der Waals surface area (Å²) in [6, 6.07) is 0. The van der Waals surface area contributed by atoms with E-state index in [1.807, 2.05) is 0 Å². The van der Waals surface area contributed by atoms with Crippen LogP contribution in [0.3, 0.4) is 0 Å². The normalized spacial score (nSPS) is 32.7. The van der Waals surface area contributed by atoms with Crippen molar-refractivity contribution in [2.75, 3.05) is 0 Å². The predicted octanol–water partition coefficient (Wildman–Crippen LogP) is -2.66. The molecule has 0 aromatic carbocycles. The van der Waals surface area contributed by atoms with Crippen molar-refractivity contribution in [3.05, 3.63) is 27.1 Å². The number of H-pyrrole nitrogens is 1. The van der Waals surface area contributed by atoms with Crippen LogP contribution in [0.25, 0.3) is 0 Å². The number of phosphoric ester groups is 1. The smallest absolute Gasteiger partial charge is 0.386 e. The second-order valence-electron chi connectivity index (χ2n) is 5.37. The summed E-state index contributed by atoms with van der Waals surface area (Å²) in [6.07, 6.45) is -4.87. The first-order valence-corrected chi connectivity index (χ1v) is 8.39. The molecule has 17 heteroatoms. The lowest BCUT2D eigenvalue weighted by atomic mass is 9.59. The summed E-state index contributed by atoms with van der Waals surface area (Å²) >= 11 is 4.70. The van der Waals surface area contributed by atoms with Gasteiger partial charge in [-0.2, -0.15) is 4.39 Å². The van der Waals surface area contributed by atoms with Gasteiger partial charge in [-0.15, -0.1) is 0 Å². The lowest BCUT2D eigenvalue weighted by Gasteiger charge is -2.40. The first kappa shape index (κ1) is 21.4. The molecule has 26 heavy (non-hydrogen) atoms. The number of halogens is 2. The third-order valence-electron chi connectivity index (χ3n) is 3.49. The van der Waals surface area contributed by atoms with Crippen molar-refractivity contribution < 1.29 is 42.6 Å². The van der Waals surface area contributed by atoms with Crippen LogP contribution < -0.4 is 5.56 Å². The van der Waals surface area contributed by atoms with Crippen LogP contribution in [-0.2, 0) is 19.4 Å². The number of aliphatic hydroxyl groups is 2. The summed E-state index contributed by atoms with van der Waals surface area (Å²) in [4.78, 5) is 30.5. The molecule has 1 aromatic heterocycles. The fourth-order valence-corrected chi connectivity index (χ4v) is 3.06. The first-order chi connectivity index (χ1) is 11.5. The lowest BCUT2D eigenvalue weighted by molar-refractivity contribution is -0.239. The molecule has 1 aliphatic rings. The van der Waals surface area contributed by atoms with E-state index in [0.717, 1.165) is 0 Å². The molecule has 0 amide bonds. The molecule has 0 unspecified atom stereocenters. The Morgan fingerprint density at radius 3 is 2.46 bits per heavy atom. The van der Waals surface area contributed by atoms with Gasteiger partial charge >= 0.3 is 7.82 Å². The van der Waals surface area contributed by atoms with Crippen LogP contribution >= 0.6 is 20.0 Å². The molecule has 1 aliphatic heterocycles. The highest BCUT2D eigenvalue weighted by molar-refractivity contribution is 7.71. The summed E-state index contributed by atoms with van der Waals surface area (Å²) in [7, 11) is 10.5. The summed E-state index contributed by atoms with van der Waals surface area (Å²) in [6.45, 7) is 0. The number of aromatic nitrogens is 2. The van der Waals surface area contributed by atoms with Crippen LogP contribution in [0.5, 0.6) is 0 Å². The van der Waals surface area contributed by atoms with Crippen molar-refractivity contribution in [1.82, 2.24) is 9.55 Å². The molecule has 0 bridgehead atoms. The first-order valence-electron chi connectivity index (χ1n) is 6.45. The molecule has 5 N–H and O–H groups in total. The van der Waals surface area contributed by atoms with E-state index in [9.17, 15) is 24.0 Å². The van der Waals surface area contributed by atoms with E-state index < -0.39 is 53.1 Å². The molecular weight excluding hydrogens is 398 g/mol. The second-order valence-corrected chi connectivity index (χ2v) is 6.92. The molecule has 0 saturated carbocycles. The fourth-order valence-electron chi connectivity index (χ4n) is 2.26. The van der Waals surface area contributed by atoms with Crippen LogP contribution in [-0.4, -0.2) is 76.6 Å². The zero-order valence-corrected chi connectivity index (χ0v) is 14.2. The Morgan fingerprint density at radius 1 is 1.42 bits per heavy atom. The number of phosphoric acid groups is 1. The van der Waals surface area contributed by atoms with Gasteiger partial charge in [0.1, 0.15) is 41.4 Å². The highest BCUT2D eigenvalue weighted by Crippen LogP contribution is 2.51.